The maximum Gasteiger partial charge on any atom is 0.240 e. The number of halogens is 2. The van der Waals surface area contributed by atoms with Gasteiger partial charge in [0.25, 0.3) is 0 Å². The number of nitrogens with one attached hydrogen (secondary N) is 1. The molecule has 3 nitrogen and oxygen atoms in total. The zero-order valence-electron chi connectivity index (χ0n) is 11.4. The molecule has 0 unspecified atom stereocenters. The Labute approximate surface area is 135 Å². The van der Waals surface area contributed by atoms with E-state index in [0.717, 1.165) is 11.1 Å². The van der Waals surface area contributed by atoms with Gasteiger partial charge in [0.1, 0.15) is 0 Å². The average Bonchev–Trinajstić information content (AvgIpc) is 2.41. The Bertz CT molecular complexity index is 728. The van der Waals surface area contributed by atoms with E-state index in [4.69, 9.17) is 23.2 Å². The minimum absolute atomic E-state index is 0.260. The Kier molecular flexibility index (Phi) is 5.27. The van der Waals surface area contributed by atoms with E-state index >= 15 is 0 Å². The molecule has 112 valence electrons. The van der Waals surface area contributed by atoms with Crippen molar-refractivity contribution in [3.63, 3.8) is 0 Å². The first-order chi connectivity index (χ1) is 9.88. The molecule has 0 aliphatic rings. The van der Waals surface area contributed by atoms with Gasteiger partial charge in [-0.1, -0.05) is 47.0 Å². The second-order valence-corrected chi connectivity index (χ2v) is 7.31. The largest absolute Gasteiger partial charge is 0.240 e. The molecule has 0 heterocycles. The summed E-state index contributed by atoms with van der Waals surface area (Å²) in [6.45, 7) is 2.18. The lowest BCUT2D eigenvalue weighted by atomic mass is 10.1. The predicted molar refractivity (Wildman–Crippen MR) is 86.5 cm³/mol. The average molecular weight is 344 g/mol. The first-order valence-corrected chi connectivity index (χ1v) is 8.63. The van der Waals surface area contributed by atoms with Crippen LogP contribution in [0.1, 0.15) is 11.1 Å². The minimum Gasteiger partial charge on any atom is -0.211 e. The normalized spacial score (nSPS) is 11.6. The molecular weight excluding hydrogens is 329 g/mol. The monoisotopic (exact) mass is 343 g/mol. The van der Waals surface area contributed by atoms with Crippen LogP contribution in [0.2, 0.25) is 10.0 Å². The van der Waals surface area contributed by atoms with Gasteiger partial charge < -0.3 is 0 Å². The second-order valence-electron chi connectivity index (χ2n) is 4.70. The third kappa shape index (κ3) is 4.45. The summed E-state index contributed by atoms with van der Waals surface area (Å²) < 4.78 is 26.8. The summed E-state index contributed by atoms with van der Waals surface area (Å²) in [7, 11) is -3.49. The third-order valence-electron chi connectivity index (χ3n) is 3.03. The Morgan fingerprint density at radius 2 is 1.71 bits per heavy atom. The summed E-state index contributed by atoms with van der Waals surface area (Å²) in [6.07, 6.45) is 0.501. The summed E-state index contributed by atoms with van der Waals surface area (Å²) in [6, 6.07) is 11.9. The SMILES string of the molecule is Cc1ccc(S(=O)(=O)NCCc2ccc(Cl)cc2Cl)cc1. The third-order valence-corrected chi connectivity index (χ3v) is 5.10. The highest BCUT2D eigenvalue weighted by Crippen LogP contribution is 2.21. The van der Waals surface area contributed by atoms with Gasteiger partial charge in [0.15, 0.2) is 0 Å². The molecule has 0 aromatic heterocycles. The van der Waals surface area contributed by atoms with Crippen molar-refractivity contribution in [2.45, 2.75) is 18.2 Å². The number of hydrogen-bond donors (Lipinski definition) is 1. The fourth-order valence-electron chi connectivity index (χ4n) is 1.85. The van der Waals surface area contributed by atoms with Crippen LogP contribution in [-0.2, 0) is 16.4 Å². The van der Waals surface area contributed by atoms with Gasteiger partial charge in [-0.05, 0) is 43.2 Å². The molecule has 21 heavy (non-hydrogen) atoms. The maximum atomic E-state index is 12.1. The van der Waals surface area contributed by atoms with Crippen LogP contribution in [-0.4, -0.2) is 15.0 Å². The van der Waals surface area contributed by atoms with Crippen LogP contribution >= 0.6 is 23.2 Å². The highest BCUT2D eigenvalue weighted by Gasteiger charge is 2.13. The molecule has 0 aliphatic carbocycles. The maximum absolute atomic E-state index is 12.1. The lowest BCUT2D eigenvalue weighted by molar-refractivity contribution is 0.581. The van der Waals surface area contributed by atoms with Crippen molar-refractivity contribution < 1.29 is 8.42 Å². The van der Waals surface area contributed by atoms with E-state index in [0.29, 0.717) is 16.5 Å². The van der Waals surface area contributed by atoms with Crippen molar-refractivity contribution in [2.24, 2.45) is 0 Å². The highest BCUT2D eigenvalue weighted by molar-refractivity contribution is 7.89. The smallest absolute Gasteiger partial charge is 0.211 e. The summed E-state index contributed by atoms with van der Waals surface area (Å²) in [4.78, 5) is 0.260. The topological polar surface area (TPSA) is 46.2 Å². The Balaban J connectivity index is 2.00. The van der Waals surface area contributed by atoms with Gasteiger partial charge in [0.05, 0.1) is 4.90 Å². The van der Waals surface area contributed by atoms with Crippen LogP contribution < -0.4 is 4.72 Å². The van der Waals surface area contributed by atoms with Crippen LogP contribution in [0.4, 0.5) is 0 Å². The van der Waals surface area contributed by atoms with Gasteiger partial charge in [-0.25, -0.2) is 13.1 Å². The molecule has 0 amide bonds. The molecule has 0 atom stereocenters. The lowest BCUT2D eigenvalue weighted by Crippen LogP contribution is -2.26. The van der Waals surface area contributed by atoms with Gasteiger partial charge >= 0.3 is 0 Å². The molecule has 0 spiro atoms. The van der Waals surface area contributed by atoms with Gasteiger partial charge in [0.2, 0.25) is 10.0 Å². The van der Waals surface area contributed by atoms with Gasteiger partial charge in [-0.3, -0.25) is 0 Å². The van der Waals surface area contributed by atoms with Crippen molar-refractivity contribution in [3.8, 4) is 0 Å². The van der Waals surface area contributed by atoms with Crippen molar-refractivity contribution >= 4 is 33.2 Å². The summed E-state index contributed by atoms with van der Waals surface area (Å²) in [5.41, 5.74) is 1.87. The van der Waals surface area contributed by atoms with Gasteiger partial charge in [-0.2, -0.15) is 0 Å². The number of rotatable bonds is 5. The van der Waals surface area contributed by atoms with Gasteiger partial charge in [0, 0.05) is 16.6 Å². The molecule has 0 fully saturated rings. The fourth-order valence-corrected chi connectivity index (χ4v) is 3.38. The fraction of sp³-hybridized carbons (Fsp3) is 0.200. The zero-order chi connectivity index (χ0) is 15.5. The Morgan fingerprint density at radius 1 is 1.05 bits per heavy atom. The van der Waals surface area contributed by atoms with E-state index < -0.39 is 10.0 Å². The van der Waals surface area contributed by atoms with E-state index in [-0.39, 0.29) is 11.4 Å². The van der Waals surface area contributed by atoms with Crippen LogP contribution in [0.15, 0.2) is 47.4 Å². The van der Waals surface area contributed by atoms with Crippen molar-refractivity contribution in [1.82, 2.24) is 4.72 Å². The summed E-state index contributed by atoms with van der Waals surface area (Å²) in [5.74, 6) is 0. The van der Waals surface area contributed by atoms with Crippen LogP contribution in [0.5, 0.6) is 0 Å². The molecule has 0 aliphatic heterocycles. The highest BCUT2D eigenvalue weighted by atomic mass is 35.5. The predicted octanol–water partition coefficient (Wildman–Crippen LogP) is 3.82. The molecule has 0 radical (unpaired) electrons. The lowest BCUT2D eigenvalue weighted by Gasteiger charge is -2.08. The number of hydrogen-bond acceptors (Lipinski definition) is 2. The van der Waals surface area contributed by atoms with E-state index in [1.165, 1.54) is 0 Å². The molecule has 2 rings (SSSR count). The second kappa shape index (κ2) is 6.79. The standard InChI is InChI=1S/C15H15Cl2NO2S/c1-11-2-6-14(7-3-11)21(19,20)18-9-8-12-4-5-13(16)10-15(12)17/h2-7,10,18H,8-9H2,1H3. The first kappa shape index (κ1) is 16.3. The molecule has 0 saturated heterocycles. The van der Waals surface area contributed by atoms with Crippen LogP contribution in [0.3, 0.4) is 0 Å². The van der Waals surface area contributed by atoms with E-state index in [9.17, 15) is 8.42 Å². The van der Waals surface area contributed by atoms with Crippen molar-refractivity contribution in [2.75, 3.05) is 6.54 Å². The molecule has 6 heteroatoms. The number of benzene rings is 2. The molecule has 0 bridgehead atoms. The summed E-state index contributed by atoms with van der Waals surface area (Å²) in [5, 5.41) is 1.10. The van der Waals surface area contributed by atoms with E-state index in [2.05, 4.69) is 4.72 Å². The molecule has 2 aromatic carbocycles. The van der Waals surface area contributed by atoms with Gasteiger partial charge in [-0.15, -0.1) is 0 Å². The molecular formula is C15H15Cl2NO2S. The Hall–Kier alpha value is -1.07. The quantitative estimate of drug-likeness (QED) is 0.896. The van der Waals surface area contributed by atoms with E-state index in [1.54, 1.807) is 42.5 Å². The molecule has 0 saturated carbocycles. The number of aryl methyl sites for hydroxylation is 1. The van der Waals surface area contributed by atoms with Crippen LogP contribution in [0, 0.1) is 6.92 Å². The zero-order valence-corrected chi connectivity index (χ0v) is 13.8. The van der Waals surface area contributed by atoms with Crippen molar-refractivity contribution in [3.05, 3.63) is 63.6 Å². The van der Waals surface area contributed by atoms with Crippen molar-refractivity contribution in [1.29, 1.82) is 0 Å². The van der Waals surface area contributed by atoms with E-state index in [1.807, 2.05) is 6.92 Å². The minimum atomic E-state index is -3.49. The molecule has 2 aromatic rings. The van der Waals surface area contributed by atoms with Crippen LogP contribution in [0.25, 0.3) is 0 Å². The first-order valence-electron chi connectivity index (χ1n) is 6.39. The molecule has 1 N–H and O–H groups in total. The Morgan fingerprint density at radius 3 is 2.33 bits per heavy atom. The summed E-state index contributed by atoms with van der Waals surface area (Å²) >= 11 is 11.9. The number of sulfonamides is 1.